The van der Waals surface area contributed by atoms with E-state index in [0.717, 1.165) is 0 Å². The second-order valence-electron chi connectivity index (χ2n) is 5.14. The number of anilines is 1. The van der Waals surface area contributed by atoms with Crippen molar-refractivity contribution in [2.45, 2.75) is 20.3 Å². The molecule has 6 heteroatoms. The van der Waals surface area contributed by atoms with Crippen LogP contribution in [0, 0.1) is 6.92 Å². The molecule has 0 fully saturated rings. The van der Waals surface area contributed by atoms with Gasteiger partial charge in [-0.1, -0.05) is 6.92 Å². The summed E-state index contributed by atoms with van der Waals surface area (Å²) in [6.07, 6.45) is 0.272. The summed E-state index contributed by atoms with van der Waals surface area (Å²) in [5, 5.41) is 11.7. The Morgan fingerprint density at radius 2 is 1.67 bits per heavy atom. The van der Waals surface area contributed by atoms with Crippen LogP contribution < -0.4 is 10.1 Å². The fraction of sp³-hybridized carbons (Fsp3) is 0.167. The zero-order valence-electron chi connectivity index (χ0n) is 13.3. The highest BCUT2D eigenvalue weighted by molar-refractivity contribution is 6.05. The number of nitrogens with one attached hydrogen (secondary N) is 1. The van der Waals surface area contributed by atoms with Crippen LogP contribution in [0.2, 0.25) is 0 Å². The van der Waals surface area contributed by atoms with Crippen molar-refractivity contribution in [2.75, 3.05) is 5.32 Å². The molecule has 0 saturated carbocycles. The van der Waals surface area contributed by atoms with E-state index >= 15 is 0 Å². The Balaban J connectivity index is 2.09. The molecule has 0 aliphatic rings. The molecule has 0 heterocycles. The molecule has 2 aromatic rings. The van der Waals surface area contributed by atoms with Crippen molar-refractivity contribution in [3.05, 3.63) is 59.2 Å². The average Bonchev–Trinajstić information content (AvgIpc) is 2.56. The molecule has 24 heavy (non-hydrogen) atoms. The van der Waals surface area contributed by atoms with Crippen LogP contribution in [0.3, 0.4) is 0 Å². The Morgan fingerprint density at radius 1 is 1.04 bits per heavy atom. The summed E-state index contributed by atoms with van der Waals surface area (Å²) in [6.45, 7) is 3.41. The number of hydrogen-bond donors (Lipinski definition) is 2. The van der Waals surface area contributed by atoms with Crippen molar-refractivity contribution >= 4 is 23.5 Å². The predicted molar refractivity (Wildman–Crippen MR) is 88.5 cm³/mol. The lowest BCUT2D eigenvalue weighted by Crippen LogP contribution is -2.13. The second-order valence-corrected chi connectivity index (χ2v) is 5.14. The van der Waals surface area contributed by atoms with Gasteiger partial charge in [0.25, 0.3) is 5.91 Å². The first-order valence-corrected chi connectivity index (χ1v) is 7.36. The Morgan fingerprint density at radius 3 is 2.21 bits per heavy atom. The standard InChI is InChI=1S/C18H17NO5/c1-3-16(20)24-14-7-4-12(5-8-14)17(21)19-15-9-6-13(18(22)23)10-11(15)2/h4-10H,3H2,1-2H3,(H,19,21)(H,22,23). The molecule has 0 saturated heterocycles. The third-order valence-corrected chi connectivity index (χ3v) is 3.36. The summed E-state index contributed by atoms with van der Waals surface area (Å²) in [6, 6.07) is 10.7. The van der Waals surface area contributed by atoms with Gasteiger partial charge in [-0.05, 0) is 55.0 Å². The third-order valence-electron chi connectivity index (χ3n) is 3.36. The molecule has 6 nitrogen and oxygen atoms in total. The number of carboxylic acids is 1. The van der Waals surface area contributed by atoms with E-state index in [1.54, 1.807) is 44.2 Å². The number of aryl methyl sites for hydroxylation is 1. The minimum atomic E-state index is -1.02. The van der Waals surface area contributed by atoms with Gasteiger partial charge in [0.1, 0.15) is 5.75 Å². The first kappa shape index (κ1) is 17.2. The van der Waals surface area contributed by atoms with Crippen molar-refractivity contribution in [3.8, 4) is 5.75 Å². The van der Waals surface area contributed by atoms with Gasteiger partial charge < -0.3 is 15.2 Å². The van der Waals surface area contributed by atoms with Gasteiger partial charge in [0.2, 0.25) is 0 Å². The molecule has 2 N–H and O–H groups in total. The quantitative estimate of drug-likeness (QED) is 0.649. The van der Waals surface area contributed by atoms with Crippen molar-refractivity contribution < 1.29 is 24.2 Å². The van der Waals surface area contributed by atoms with Crippen molar-refractivity contribution in [3.63, 3.8) is 0 Å². The molecule has 1 amide bonds. The first-order valence-electron chi connectivity index (χ1n) is 7.36. The van der Waals surface area contributed by atoms with Crippen LogP contribution in [-0.2, 0) is 4.79 Å². The molecule has 0 bridgehead atoms. The summed E-state index contributed by atoms with van der Waals surface area (Å²) in [5.74, 6) is -1.33. The van der Waals surface area contributed by atoms with Crippen LogP contribution in [0.4, 0.5) is 5.69 Å². The maximum atomic E-state index is 12.2. The predicted octanol–water partition coefficient (Wildman–Crippen LogP) is 3.26. The molecule has 0 spiro atoms. The second kappa shape index (κ2) is 7.41. The monoisotopic (exact) mass is 327 g/mol. The molecule has 2 rings (SSSR count). The van der Waals surface area contributed by atoms with Gasteiger partial charge in [-0.25, -0.2) is 4.79 Å². The van der Waals surface area contributed by atoms with E-state index in [0.29, 0.717) is 22.6 Å². The topological polar surface area (TPSA) is 92.7 Å². The number of carbonyl (C=O) groups is 3. The van der Waals surface area contributed by atoms with Crippen LogP contribution >= 0.6 is 0 Å². The zero-order valence-corrected chi connectivity index (χ0v) is 13.3. The fourth-order valence-corrected chi connectivity index (χ4v) is 2.01. The normalized spacial score (nSPS) is 10.1. The lowest BCUT2D eigenvalue weighted by molar-refractivity contribution is -0.134. The number of benzene rings is 2. The SMILES string of the molecule is CCC(=O)Oc1ccc(C(=O)Nc2ccc(C(=O)O)cc2C)cc1. The highest BCUT2D eigenvalue weighted by atomic mass is 16.5. The van der Waals surface area contributed by atoms with Crippen LogP contribution in [-0.4, -0.2) is 23.0 Å². The maximum Gasteiger partial charge on any atom is 0.335 e. The summed E-state index contributed by atoms with van der Waals surface area (Å²) in [7, 11) is 0. The minimum Gasteiger partial charge on any atom is -0.478 e. The maximum absolute atomic E-state index is 12.2. The van der Waals surface area contributed by atoms with Crippen molar-refractivity contribution in [1.82, 2.24) is 0 Å². The molecular formula is C18H17NO5. The van der Waals surface area contributed by atoms with E-state index in [1.165, 1.54) is 12.1 Å². The lowest BCUT2D eigenvalue weighted by Gasteiger charge is -2.10. The van der Waals surface area contributed by atoms with Crippen LogP contribution in [0.5, 0.6) is 5.75 Å². The number of esters is 1. The Kier molecular flexibility index (Phi) is 5.31. The van der Waals surface area contributed by atoms with E-state index < -0.39 is 5.97 Å². The van der Waals surface area contributed by atoms with E-state index in [1.807, 2.05) is 0 Å². The Labute approximate surface area is 139 Å². The lowest BCUT2D eigenvalue weighted by atomic mass is 10.1. The first-order chi connectivity index (χ1) is 11.4. The molecule has 0 aromatic heterocycles. The number of rotatable bonds is 5. The molecule has 0 radical (unpaired) electrons. The van der Waals surface area contributed by atoms with Crippen molar-refractivity contribution in [1.29, 1.82) is 0 Å². The number of hydrogen-bond acceptors (Lipinski definition) is 4. The molecule has 0 aliphatic carbocycles. The molecule has 0 atom stereocenters. The zero-order chi connectivity index (χ0) is 17.7. The fourth-order valence-electron chi connectivity index (χ4n) is 2.01. The number of ether oxygens (including phenoxy) is 1. The molecule has 0 unspecified atom stereocenters. The molecular weight excluding hydrogens is 310 g/mol. The molecule has 124 valence electrons. The van der Waals surface area contributed by atoms with E-state index in [-0.39, 0.29) is 23.9 Å². The van der Waals surface area contributed by atoms with Gasteiger partial charge in [-0.15, -0.1) is 0 Å². The van der Waals surface area contributed by atoms with Gasteiger partial charge in [0, 0.05) is 17.7 Å². The minimum absolute atomic E-state index is 0.160. The van der Waals surface area contributed by atoms with E-state index in [9.17, 15) is 14.4 Å². The summed E-state index contributed by atoms with van der Waals surface area (Å²) in [4.78, 5) is 34.4. The van der Waals surface area contributed by atoms with Gasteiger partial charge >= 0.3 is 11.9 Å². The van der Waals surface area contributed by atoms with Crippen molar-refractivity contribution in [2.24, 2.45) is 0 Å². The van der Waals surface area contributed by atoms with Crippen LogP contribution in [0.25, 0.3) is 0 Å². The van der Waals surface area contributed by atoms with Gasteiger partial charge in [0.15, 0.2) is 0 Å². The average molecular weight is 327 g/mol. The highest BCUT2D eigenvalue weighted by Gasteiger charge is 2.11. The Hall–Kier alpha value is -3.15. The van der Waals surface area contributed by atoms with Gasteiger partial charge in [-0.2, -0.15) is 0 Å². The summed E-state index contributed by atoms with van der Waals surface area (Å²) in [5.41, 5.74) is 1.74. The van der Waals surface area contributed by atoms with Gasteiger partial charge in [-0.3, -0.25) is 9.59 Å². The molecule has 0 aliphatic heterocycles. The smallest absolute Gasteiger partial charge is 0.335 e. The van der Waals surface area contributed by atoms with Gasteiger partial charge in [0.05, 0.1) is 5.56 Å². The van der Waals surface area contributed by atoms with E-state index in [2.05, 4.69) is 5.32 Å². The number of aromatic carboxylic acids is 1. The molecule has 2 aromatic carbocycles. The largest absolute Gasteiger partial charge is 0.478 e. The Bertz CT molecular complexity index is 780. The highest BCUT2D eigenvalue weighted by Crippen LogP contribution is 2.19. The number of carbonyl (C=O) groups excluding carboxylic acids is 2. The third kappa shape index (κ3) is 4.19. The number of carboxylic acid groups (broad SMARTS) is 1. The van der Waals surface area contributed by atoms with Crippen LogP contribution in [0.1, 0.15) is 39.6 Å². The summed E-state index contributed by atoms with van der Waals surface area (Å²) >= 11 is 0. The van der Waals surface area contributed by atoms with E-state index in [4.69, 9.17) is 9.84 Å². The van der Waals surface area contributed by atoms with Crippen LogP contribution in [0.15, 0.2) is 42.5 Å². The number of amides is 1. The summed E-state index contributed by atoms with van der Waals surface area (Å²) < 4.78 is 5.05.